The first-order valence-electron chi connectivity index (χ1n) is 6.69. The number of carbonyl (C=O) groups is 1. The molecule has 2 aromatic carbocycles. The maximum Gasteiger partial charge on any atom is 0.330 e. The largest absolute Gasteiger partial charge is 0.467 e. The van der Waals surface area contributed by atoms with E-state index in [1.54, 1.807) is 12.1 Å². The first-order chi connectivity index (χ1) is 10.1. The van der Waals surface area contributed by atoms with Crippen LogP contribution in [-0.4, -0.2) is 13.1 Å². The molecule has 1 atom stereocenters. The van der Waals surface area contributed by atoms with Crippen molar-refractivity contribution in [2.75, 3.05) is 7.11 Å². The molecule has 0 spiro atoms. The number of methoxy groups -OCH3 is 1. The lowest BCUT2D eigenvalue weighted by Gasteiger charge is -2.28. The number of ether oxygens (including phenoxy) is 1. The fraction of sp³-hybridized carbons (Fsp3) is 0.235. The van der Waals surface area contributed by atoms with Gasteiger partial charge in [-0.2, -0.15) is 0 Å². The summed E-state index contributed by atoms with van der Waals surface area (Å²) in [4.78, 5) is 12.2. The lowest BCUT2D eigenvalue weighted by molar-refractivity contribution is -0.148. The van der Waals surface area contributed by atoms with Gasteiger partial charge in [0.15, 0.2) is 0 Å². The van der Waals surface area contributed by atoms with E-state index in [1.165, 1.54) is 7.11 Å². The van der Waals surface area contributed by atoms with Crippen LogP contribution in [0.2, 0.25) is 5.02 Å². The number of halogens is 1. The van der Waals surface area contributed by atoms with Gasteiger partial charge in [-0.15, -0.1) is 0 Å². The van der Waals surface area contributed by atoms with Crippen LogP contribution in [0.15, 0.2) is 54.6 Å². The Labute approximate surface area is 129 Å². The molecule has 0 heterocycles. The van der Waals surface area contributed by atoms with Gasteiger partial charge in [-0.05, 0) is 30.2 Å². The molecule has 0 saturated carbocycles. The maximum absolute atomic E-state index is 12.2. The Morgan fingerprint density at radius 2 is 1.76 bits per heavy atom. The Kier molecular flexibility index (Phi) is 4.99. The molecule has 21 heavy (non-hydrogen) atoms. The normalized spacial score (nSPS) is 13.5. The molecule has 1 N–H and O–H groups in total. The van der Waals surface area contributed by atoms with Gasteiger partial charge in [0.25, 0.3) is 0 Å². The summed E-state index contributed by atoms with van der Waals surface area (Å²) in [6.45, 7) is 2.38. The minimum Gasteiger partial charge on any atom is -0.467 e. The minimum absolute atomic E-state index is 0.333. The van der Waals surface area contributed by atoms with Crippen LogP contribution in [0, 0.1) is 0 Å². The molecule has 0 amide bonds. The molecule has 3 nitrogen and oxygen atoms in total. The van der Waals surface area contributed by atoms with Crippen molar-refractivity contribution in [1.82, 2.24) is 5.32 Å². The summed E-state index contributed by atoms with van der Waals surface area (Å²) < 4.78 is 4.95. The second-order valence-electron chi connectivity index (χ2n) is 4.96. The van der Waals surface area contributed by atoms with Gasteiger partial charge in [0, 0.05) is 11.6 Å². The summed E-state index contributed by atoms with van der Waals surface area (Å²) in [5, 5.41) is 3.91. The van der Waals surface area contributed by atoms with Crippen molar-refractivity contribution >= 4 is 17.6 Å². The van der Waals surface area contributed by atoms with Crippen LogP contribution in [0.25, 0.3) is 0 Å². The number of hydrogen-bond acceptors (Lipinski definition) is 3. The van der Waals surface area contributed by atoms with Gasteiger partial charge in [-0.3, -0.25) is 5.32 Å². The molecule has 0 fully saturated rings. The van der Waals surface area contributed by atoms with E-state index in [9.17, 15) is 4.79 Å². The van der Waals surface area contributed by atoms with Crippen molar-refractivity contribution < 1.29 is 9.53 Å². The Morgan fingerprint density at radius 1 is 1.14 bits per heavy atom. The zero-order valence-corrected chi connectivity index (χ0v) is 12.9. The van der Waals surface area contributed by atoms with Crippen LogP contribution in [-0.2, 0) is 21.6 Å². The maximum atomic E-state index is 12.2. The second kappa shape index (κ2) is 6.74. The number of hydrogen-bond donors (Lipinski definition) is 1. The van der Waals surface area contributed by atoms with Gasteiger partial charge < -0.3 is 4.74 Å². The van der Waals surface area contributed by atoms with Gasteiger partial charge in [0.2, 0.25) is 0 Å². The molecule has 1 unspecified atom stereocenters. The fourth-order valence-electron chi connectivity index (χ4n) is 2.15. The quantitative estimate of drug-likeness (QED) is 0.859. The van der Waals surface area contributed by atoms with Crippen LogP contribution in [0.1, 0.15) is 18.1 Å². The van der Waals surface area contributed by atoms with Crippen LogP contribution < -0.4 is 5.32 Å². The molecule has 0 aliphatic carbocycles. The van der Waals surface area contributed by atoms with Gasteiger partial charge in [0.05, 0.1) is 7.11 Å². The first-order valence-corrected chi connectivity index (χ1v) is 7.07. The monoisotopic (exact) mass is 303 g/mol. The first kappa shape index (κ1) is 15.5. The topological polar surface area (TPSA) is 38.3 Å². The van der Waals surface area contributed by atoms with Crippen molar-refractivity contribution in [2.45, 2.75) is 19.0 Å². The summed E-state index contributed by atoms with van der Waals surface area (Å²) in [6.07, 6.45) is 0. The van der Waals surface area contributed by atoms with Crippen LogP contribution in [0.3, 0.4) is 0 Å². The van der Waals surface area contributed by atoms with E-state index in [1.807, 2.05) is 49.4 Å². The van der Waals surface area contributed by atoms with E-state index < -0.39 is 5.54 Å². The standard InChI is InChI=1S/C17H18ClNO2/c1-17(16(20)21-2,14-8-10-15(18)11-9-14)19-12-13-6-4-3-5-7-13/h3-11,19H,12H2,1-2H3. The highest BCUT2D eigenvalue weighted by molar-refractivity contribution is 6.30. The number of esters is 1. The highest BCUT2D eigenvalue weighted by Gasteiger charge is 2.35. The molecule has 110 valence electrons. The van der Waals surface area contributed by atoms with E-state index in [0.717, 1.165) is 11.1 Å². The molecular weight excluding hydrogens is 286 g/mol. The average molecular weight is 304 g/mol. The molecule has 4 heteroatoms. The Morgan fingerprint density at radius 3 is 2.33 bits per heavy atom. The number of rotatable bonds is 5. The summed E-state index contributed by atoms with van der Waals surface area (Å²) in [5.74, 6) is -0.333. The highest BCUT2D eigenvalue weighted by atomic mass is 35.5. The van der Waals surface area contributed by atoms with Crippen LogP contribution in [0.5, 0.6) is 0 Å². The van der Waals surface area contributed by atoms with Crippen LogP contribution >= 0.6 is 11.6 Å². The lowest BCUT2D eigenvalue weighted by Crippen LogP contribution is -2.47. The zero-order chi connectivity index (χ0) is 15.3. The number of carbonyl (C=O) groups excluding carboxylic acids is 1. The third-order valence-corrected chi connectivity index (χ3v) is 3.76. The number of benzene rings is 2. The summed E-state index contributed by atoms with van der Waals surface area (Å²) in [6, 6.07) is 17.1. The second-order valence-corrected chi connectivity index (χ2v) is 5.40. The predicted molar refractivity (Wildman–Crippen MR) is 84.1 cm³/mol. The Balaban J connectivity index is 2.25. The van der Waals surface area contributed by atoms with Crippen molar-refractivity contribution in [1.29, 1.82) is 0 Å². The third kappa shape index (κ3) is 3.63. The van der Waals surface area contributed by atoms with E-state index in [-0.39, 0.29) is 5.97 Å². The molecule has 0 saturated heterocycles. The van der Waals surface area contributed by atoms with Gasteiger partial charge >= 0.3 is 5.97 Å². The molecule has 0 aliphatic rings. The van der Waals surface area contributed by atoms with Crippen molar-refractivity contribution in [3.63, 3.8) is 0 Å². The summed E-state index contributed by atoms with van der Waals surface area (Å²) >= 11 is 5.91. The highest BCUT2D eigenvalue weighted by Crippen LogP contribution is 2.24. The molecular formula is C17H18ClNO2. The van der Waals surface area contributed by atoms with Gasteiger partial charge in [0.1, 0.15) is 5.54 Å². The Hall–Kier alpha value is -1.84. The third-order valence-electron chi connectivity index (χ3n) is 3.50. The molecule has 0 bridgehead atoms. The lowest BCUT2D eigenvalue weighted by atomic mass is 9.91. The van der Waals surface area contributed by atoms with Crippen LogP contribution in [0.4, 0.5) is 0 Å². The summed E-state index contributed by atoms with van der Waals surface area (Å²) in [7, 11) is 1.39. The van der Waals surface area contributed by atoms with E-state index >= 15 is 0 Å². The SMILES string of the molecule is COC(=O)C(C)(NCc1ccccc1)c1ccc(Cl)cc1. The van der Waals surface area contributed by atoms with Gasteiger partial charge in [-0.1, -0.05) is 54.1 Å². The minimum atomic E-state index is -0.921. The van der Waals surface area contributed by atoms with Crippen molar-refractivity contribution in [3.8, 4) is 0 Å². The van der Waals surface area contributed by atoms with E-state index in [4.69, 9.17) is 16.3 Å². The predicted octanol–water partition coefficient (Wildman–Crippen LogP) is 3.52. The molecule has 2 rings (SSSR count). The molecule has 0 aromatic heterocycles. The van der Waals surface area contributed by atoms with E-state index in [0.29, 0.717) is 11.6 Å². The summed E-state index contributed by atoms with van der Waals surface area (Å²) in [5.41, 5.74) is 0.992. The van der Waals surface area contributed by atoms with Crippen molar-refractivity contribution in [2.24, 2.45) is 0 Å². The molecule has 2 aromatic rings. The average Bonchev–Trinajstić information content (AvgIpc) is 2.53. The molecule has 0 aliphatic heterocycles. The van der Waals surface area contributed by atoms with E-state index in [2.05, 4.69) is 5.32 Å². The van der Waals surface area contributed by atoms with Gasteiger partial charge in [-0.25, -0.2) is 4.79 Å². The molecule has 0 radical (unpaired) electrons. The number of nitrogens with one attached hydrogen (secondary N) is 1. The zero-order valence-electron chi connectivity index (χ0n) is 12.1. The fourth-order valence-corrected chi connectivity index (χ4v) is 2.28. The Bertz CT molecular complexity index is 598. The van der Waals surface area contributed by atoms with Crippen molar-refractivity contribution in [3.05, 3.63) is 70.7 Å². The smallest absolute Gasteiger partial charge is 0.330 e.